The van der Waals surface area contributed by atoms with Crippen LogP contribution < -0.4 is 4.74 Å². The SMILES string of the molecule is CC1=C2C(=O)c3ccccc3C2c2cc(I)ccc2O1. The van der Waals surface area contributed by atoms with Gasteiger partial charge in [0.15, 0.2) is 5.78 Å². The molecule has 0 bridgehead atoms. The largest absolute Gasteiger partial charge is 0.461 e. The van der Waals surface area contributed by atoms with Gasteiger partial charge in [-0.15, -0.1) is 0 Å². The summed E-state index contributed by atoms with van der Waals surface area (Å²) in [6.45, 7) is 1.88. The third kappa shape index (κ3) is 1.53. The van der Waals surface area contributed by atoms with E-state index in [0.29, 0.717) is 0 Å². The number of ketones is 1. The number of fused-ring (bicyclic) bond motifs is 5. The van der Waals surface area contributed by atoms with Crippen LogP contribution in [0, 0.1) is 3.57 Å². The van der Waals surface area contributed by atoms with Crippen molar-refractivity contribution in [2.75, 3.05) is 0 Å². The van der Waals surface area contributed by atoms with Crippen molar-refractivity contribution < 1.29 is 9.53 Å². The van der Waals surface area contributed by atoms with Crippen LogP contribution in [-0.2, 0) is 0 Å². The van der Waals surface area contributed by atoms with Gasteiger partial charge >= 0.3 is 0 Å². The normalized spacial score (nSPS) is 19.3. The van der Waals surface area contributed by atoms with Crippen molar-refractivity contribution in [1.29, 1.82) is 0 Å². The predicted octanol–water partition coefficient (Wildman–Crippen LogP) is 4.29. The Morgan fingerprint density at radius 1 is 1.10 bits per heavy atom. The first kappa shape index (κ1) is 12.1. The van der Waals surface area contributed by atoms with E-state index in [1.807, 2.05) is 43.3 Å². The van der Waals surface area contributed by atoms with Crippen molar-refractivity contribution in [2.24, 2.45) is 0 Å². The van der Waals surface area contributed by atoms with Gasteiger partial charge < -0.3 is 4.74 Å². The number of carbonyl (C=O) groups is 1. The lowest BCUT2D eigenvalue weighted by Gasteiger charge is -2.25. The number of Topliss-reactive ketones (excluding diaryl/α,β-unsaturated/α-hetero) is 1. The Kier molecular flexibility index (Phi) is 2.54. The molecule has 0 saturated carbocycles. The van der Waals surface area contributed by atoms with E-state index in [1.54, 1.807) is 0 Å². The van der Waals surface area contributed by atoms with E-state index in [2.05, 4.69) is 28.7 Å². The van der Waals surface area contributed by atoms with Gasteiger partial charge in [-0.3, -0.25) is 4.79 Å². The van der Waals surface area contributed by atoms with Crippen LogP contribution >= 0.6 is 22.6 Å². The van der Waals surface area contributed by atoms with E-state index in [4.69, 9.17) is 4.74 Å². The minimum atomic E-state index is 0.0252. The van der Waals surface area contributed by atoms with Crippen LogP contribution in [0.1, 0.15) is 34.3 Å². The quantitative estimate of drug-likeness (QED) is 0.644. The summed E-state index contributed by atoms with van der Waals surface area (Å²) in [6.07, 6.45) is 0. The summed E-state index contributed by atoms with van der Waals surface area (Å²) in [7, 11) is 0. The molecule has 0 radical (unpaired) electrons. The Hall–Kier alpha value is -1.62. The van der Waals surface area contributed by atoms with E-state index in [-0.39, 0.29) is 11.7 Å². The third-order valence-corrected chi connectivity index (χ3v) is 4.65. The smallest absolute Gasteiger partial charge is 0.193 e. The molecule has 0 spiro atoms. The van der Waals surface area contributed by atoms with Gasteiger partial charge in [0.25, 0.3) is 0 Å². The molecular formula is C17H11IO2. The second-order valence-electron chi connectivity index (χ2n) is 5.10. The molecule has 1 heterocycles. The maximum Gasteiger partial charge on any atom is 0.193 e. The first-order chi connectivity index (χ1) is 9.66. The standard InChI is InChI=1S/C17H11IO2/c1-9-15-16(11-4-2-3-5-12(11)17(15)19)13-8-10(18)6-7-14(13)20-9/h2-8,16H,1H3. The molecule has 20 heavy (non-hydrogen) atoms. The molecule has 0 saturated heterocycles. The number of hydrogen-bond donors (Lipinski definition) is 0. The Bertz CT molecular complexity index is 789. The maximum absolute atomic E-state index is 12.6. The van der Waals surface area contributed by atoms with Crippen LogP contribution in [0.25, 0.3) is 0 Å². The number of rotatable bonds is 0. The van der Waals surface area contributed by atoms with Crippen molar-refractivity contribution in [3.63, 3.8) is 0 Å². The monoisotopic (exact) mass is 374 g/mol. The maximum atomic E-state index is 12.6. The summed E-state index contributed by atoms with van der Waals surface area (Å²) in [6, 6.07) is 14.0. The predicted molar refractivity (Wildman–Crippen MR) is 85.1 cm³/mol. The van der Waals surface area contributed by atoms with Crippen molar-refractivity contribution in [2.45, 2.75) is 12.8 Å². The molecule has 0 N–H and O–H groups in total. The molecule has 0 fully saturated rings. The van der Waals surface area contributed by atoms with Gasteiger partial charge in [-0.2, -0.15) is 0 Å². The molecule has 98 valence electrons. The molecule has 3 heteroatoms. The lowest BCUT2D eigenvalue weighted by atomic mass is 9.87. The van der Waals surface area contributed by atoms with Crippen LogP contribution in [0.3, 0.4) is 0 Å². The van der Waals surface area contributed by atoms with Gasteiger partial charge in [-0.05, 0) is 53.3 Å². The molecule has 1 aliphatic carbocycles. The van der Waals surface area contributed by atoms with E-state index in [1.165, 1.54) is 0 Å². The molecule has 4 rings (SSSR count). The van der Waals surface area contributed by atoms with Gasteiger partial charge in [0, 0.05) is 20.6 Å². The molecule has 1 unspecified atom stereocenters. The van der Waals surface area contributed by atoms with Crippen molar-refractivity contribution in [3.8, 4) is 5.75 Å². The number of benzene rings is 2. The molecule has 2 aliphatic rings. The molecule has 2 nitrogen and oxygen atoms in total. The second kappa shape index (κ2) is 4.19. The Balaban J connectivity index is 2.05. The van der Waals surface area contributed by atoms with E-state index >= 15 is 0 Å². The van der Waals surface area contributed by atoms with Crippen LogP contribution in [0.15, 0.2) is 53.8 Å². The average molecular weight is 374 g/mol. The van der Waals surface area contributed by atoms with E-state index in [9.17, 15) is 4.79 Å². The molecule has 2 aromatic carbocycles. The van der Waals surface area contributed by atoms with Crippen LogP contribution in [0.4, 0.5) is 0 Å². The molecular weight excluding hydrogens is 363 g/mol. The van der Waals surface area contributed by atoms with Gasteiger partial charge in [-0.1, -0.05) is 24.3 Å². The lowest BCUT2D eigenvalue weighted by Crippen LogP contribution is -2.15. The Morgan fingerprint density at radius 2 is 1.90 bits per heavy atom. The third-order valence-electron chi connectivity index (χ3n) is 3.97. The molecule has 1 atom stereocenters. The molecule has 2 aromatic rings. The van der Waals surface area contributed by atoms with Gasteiger partial charge in [0.05, 0.1) is 5.57 Å². The van der Waals surface area contributed by atoms with Gasteiger partial charge in [0.2, 0.25) is 0 Å². The van der Waals surface area contributed by atoms with Crippen LogP contribution in [0.2, 0.25) is 0 Å². The van der Waals surface area contributed by atoms with Gasteiger partial charge in [-0.25, -0.2) is 0 Å². The van der Waals surface area contributed by atoms with Crippen LogP contribution in [-0.4, -0.2) is 5.78 Å². The summed E-state index contributed by atoms with van der Waals surface area (Å²) in [4.78, 5) is 12.6. The van der Waals surface area contributed by atoms with E-state index in [0.717, 1.165) is 37.3 Å². The minimum Gasteiger partial charge on any atom is -0.461 e. The summed E-state index contributed by atoms with van der Waals surface area (Å²) in [5, 5.41) is 0. The fraction of sp³-hybridized carbons (Fsp3) is 0.118. The van der Waals surface area contributed by atoms with E-state index < -0.39 is 0 Å². The summed E-state index contributed by atoms with van der Waals surface area (Å²) < 4.78 is 7.01. The zero-order valence-corrected chi connectivity index (χ0v) is 13.0. The Morgan fingerprint density at radius 3 is 2.75 bits per heavy atom. The highest BCUT2D eigenvalue weighted by Crippen LogP contribution is 2.49. The first-order valence-corrected chi connectivity index (χ1v) is 7.56. The topological polar surface area (TPSA) is 26.3 Å². The first-order valence-electron chi connectivity index (χ1n) is 6.48. The molecule has 1 aliphatic heterocycles. The fourth-order valence-electron chi connectivity index (χ4n) is 3.13. The van der Waals surface area contributed by atoms with Crippen LogP contribution in [0.5, 0.6) is 5.75 Å². The number of halogens is 1. The minimum absolute atomic E-state index is 0.0252. The number of allylic oxidation sites excluding steroid dienone is 2. The Labute approximate surface area is 130 Å². The number of ether oxygens (including phenoxy) is 1. The summed E-state index contributed by atoms with van der Waals surface area (Å²) in [5.74, 6) is 1.72. The second-order valence-corrected chi connectivity index (χ2v) is 6.35. The van der Waals surface area contributed by atoms with Crippen molar-refractivity contribution in [3.05, 3.63) is 74.1 Å². The van der Waals surface area contributed by atoms with Crippen molar-refractivity contribution >= 4 is 28.4 Å². The highest BCUT2D eigenvalue weighted by atomic mass is 127. The highest BCUT2D eigenvalue weighted by molar-refractivity contribution is 14.1. The summed E-state index contributed by atoms with van der Waals surface area (Å²) >= 11 is 2.29. The summed E-state index contributed by atoms with van der Waals surface area (Å²) in [5.41, 5.74) is 3.79. The molecule has 0 aromatic heterocycles. The fourth-order valence-corrected chi connectivity index (χ4v) is 3.65. The highest BCUT2D eigenvalue weighted by Gasteiger charge is 2.41. The average Bonchev–Trinajstić information content (AvgIpc) is 2.75. The number of carbonyl (C=O) groups excluding carboxylic acids is 1. The zero-order chi connectivity index (χ0) is 13.9. The van der Waals surface area contributed by atoms with Crippen molar-refractivity contribution in [1.82, 2.24) is 0 Å². The zero-order valence-electron chi connectivity index (χ0n) is 10.8. The van der Waals surface area contributed by atoms with Gasteiger partial charge in [0.1, 0.15) is 11.5 Å². The molecule has 0 amide bonds. The number of hydrogen-bond acceptors (Lipinski definition) is 2. The lowest BCUT2D eigenvalue weighted by molar-refractivity contribution is 0.103.